The van der Waals surface area contributed by atoms with E-state index in [-0.39, 0.29) is 19.1 Å². The van der Waals surface area contributed by atoms with E-state index in [9.17, 15) is 9.59 Å². The number of fused-ring (bicyclic) bond motifs is 1. The first-order chi connectivity index (χ1) is 11.9. The highest BCUT2D eigenvalue weighted by Gasteiger charge is 2.16. The SMILES string of the molecule is CC(=O)OCCN(C)C(=O)Oc1cccc2[nH]cc(CCN(C)C)c12. The third kappa shape index (κ3) is 5.22. The van der Waals surface area contributed by atoms with Crippen molar-refractivity contribution in [3.8, 4) is 5.75 Å². The molecule has 1 N–H and O–H groups in total. The molecule has 0 fully saturated rings. The van der Waals surface area contributed by atoms with Crippen LogP contribution >= 0.6 is 0 Å². The molecule has 25 heavy (non-hydrogen) atoms. The predicted octanol–water partition coefficient (Wildman–Crippen LogP) is 2.27. The van der Waals surface area contributed by atoms with Gasteiger partial charge in [0.15, 0.2) is 0 Å². The average molecular weight is 347 g/mol. The monoisotopic (exact) mass is 347 g/mol. The second-order valence-corrected chi connectivity index (χ2v) is 6.18. The van der Waals surface area contributed by atoms with Crippen molar-refractivity contribution in [1.82, 2.24) is 14.8 Å². The van der Waals surface area contributed by atoms with Gasteiger partial charge in [0.1, 0.15) is 12.4 Å². The number of H-pyrrole nitrogens is 1. The molecule has 136 valence electrons. The van der Waals surface area contributed by atoms with Crippen molar-refractivity contribution in [2.24, 2.45) is 0 Å². The van der Waals surface area contributed by atoms with Crippen LogP contribution in [0.2, 0.25) is 0 Å². The highest BCUT2D eigenvalue weighted by molar-refractivity contribution is 5.91. The highest BCUT2D eigenvalue weighted by Crippen LogP contribution is 2.29. The number of aromatic nitrogens is 1. The number of hydrogen-bond acceptors (Lipinski definition) is 5. The molecule has 0 saturated heterocycles. The maximum absolute atomic E-state index is 12.3. The van der Waals surface area contributed by atoms with E-state index in [0.717, 1.165) is 29.4 Å². The molecule has 7 nitrogen and oxygen atoms in total. The van der Waals surface area contributed by atoms with Crippen LogP contribution in [0.25, 0.3) is 10.9 Å². The Morgan fingerprint density at radius 3 is 2.60 bits per heavy atom. The fourth-order valence-electron chi connectivity index (χ4n) is 2.44. The second kappa shape index (κ2) is 8.53. The number of benzene rings is 1. The molecule has 0 unspecified atom stereocenters. The molecular weight excluding hydrogens is 322 g/mol. The Balaban J connectivity index is 2.10. The molecule has 1 amide bonds. The molecule has 1 heterocycles. The van der Waals surface area contributed by atoms with Gasteiger partial charge in [0.2, 0.25) is 0 Å². The van der Waals surface area contributed by atoms with Crippen LogP contribution in [0.5, 0.6) is 5.75 Å². The molecule has 2 aromatic rings. The van der Waals surface area contributed by atoms with Gasteiger partial charge in [0.05, 0.1) is 6.54 Å². The number of hydrogen-bond donors (Lipinski definition) is 1. The summed E-state index contributed by atoms with van der Waals surface area (Å²) in [6.07, 6.45) is 2.32. The molecule has 0 saturated carbocycles. The normalized spacial score (nSPS) is 10.9. The Kier molecular flexibility index (Phi) is 6.41. The lowest BCUT2D eigenvalue weighted by molar-refractivity contribution is -0.141. The van der Waals surface area contributed by atoms with Gasteiger partial charge in [-0.2, -0.15) is 0 Å². The molecule has 0 aliphatic carbocycles. The number of ether oxygens (including phenoxy) is 2. The Bertz CT molecular complexity index is 739. The Hall–Kier alpha value is -2.54. The lowest BCUT2D eigenvalue weighted by Gasteiger charge is -2.17. The van der Waals surface area contributed by atoms with Crippen LogP contribution in [-0.4, -0.2) is 67.7 Å². The van der Waals surface area contributed by atoms with Crippen LogP contribution in [-0.2, 0) is 16.0 Å². The van der Waals surface area contributed by atoms with Crippen LogP contribution < -0.4 is 4.74 Å². The van der Waals surface area contributed by atoms with Crippen LogP contribution in [0.15, 0.2) is 24.4 Å². The summed E-state index contributed by atoms with van der Waals surface area (Å²) in [5.74, 6) is 0.154. The van der Waals surface area contributed by atoms with E-state index in [2.05, 4.69) is 9.88 Å². The molecule has 0 spiro atoms. The third-order valence-corrected chi connectivity index (χ3v) is 3.82. The van der Waals surface area contributed by atoms with E-state index >= 15 is 0 Å². The molecule has 0 aliphatic heterocycles. The zero-order chi connectivity index (χ0) is 18.4. The number of carbonyl (C=O) groups is 2. The quantitative estimate of drug-likeness (QED) is 0.778. The fourth-order valence-corrected chi connectivity index (χ4v) is 2.44. The van der Waals surface area contributed by atoms with E-state index in [1.165, 1.54) is 11.8 Å². The van der Waals surface area contributed by atoms with Crippen molar-refractivity contribution < 1.29 is 19.1 Å². The molecule has 1 aromatic heterocycles. The number of rotatable bonds is 7. The topological polar surface area (TPSA) is 74.9 Å². The molecular formula is C18H25N3O4. The lowest BCUT2D eigenvalue weighted by Crippen LogP contribution is -2.33. The first-order valence-corrected chi connectivity index (χ1v) is 8.18. The van der Waals surface area contributed by atoms with Gasteiger partial charge < -0.3 is 24.3 Å². The summed E-state index contributed by atoms with van der Waals surface area (Å²) in [5, 5.41) is 0.922. The van der Waals surface area contributed by atoms with Gasteiger partial charge in [-0.25, -0.2) is 4.79 Å². The molecule has 2 rings (SSSR count). The van der Waals surface area contributed by atoms with Gasteiger partial charge in [-0.1, -0.05) is 6.07 Å². The number of likely N-dealkylation sites (N-methyl/N-ethyl adjacent to an activating group) is 2. The average Bonchev–Trinajstić information content (AvgIpc) is 2.96. The molecule has 0 atom stereocenters. The van der Waals surface area contributed by atoms with E-state index in [4.69, 9.17) is 9.47 Å². The molecule has 1 aromatic carbocycles. The molecule has 0 aliphatic rings. The number of aromatic amines is 1. The van der Waals surface area contributed by atoms with Crippen molar-refractivity contribution in [3.63, 3.8) is 0 Å². The smallest absolute Gasteiger partial charge is 0.415 e. The van der Waals surface area contributed by atoms with Gasteiger partial charge in [0.25, 0.3) is 0 Å². The van der Waals surface area contributed by atoms with Crippen LogP contribution in [0.1, 0.15) is 12.5 Å². The van der Waals surface area contributed by atoms with E-state index in [0.29, 0.717) is 5.75 Å². The van der Waals surface area contributed by atoms with E-state index in [1.54, 1.807) is 13.1 Å². The largest absolute Gasteiger partial charge is 0.464 e. The Morgan fingerprint density at radius 1 is 1.16 bits per heavy atom. The summed E-state index contributed by atoms with van der Waals surface area (Å²) in [7, 11) is 5.65. The Morgan fingerprint density at radius 2 is 1.92 bits per heavy atom. The van der Waals surface area contributed by atoms with Gasteiger partial charge in [-0.05, 0) is 38.2 Å². The summed E-state index contributed by atoms with van der Waals surface area (Å²) in [6, 6.07) is 5.58. The van der Waals surface area contributed by atoms with Crippen LogP contribution in [0.3, 0.4) is 0 Å². The number of nitrogens with zero attached hydrogens (tertiary/aromatic N) is 2. The number of nitrogens with one attached hydrogen (secondary N) is 1. The van der Waals surface area contributed by atoms with Gasteiger partial charge in [-0.15, -0.1) is 0 Å². The van der Waals surface area contributed by atoms with Gasteiger partial charge in [-0.3, -0.25) is 4.79 Å². The molecule has 0 bridgehead atoms. The zero-order valence-electron chi connectivity index (χ0n) is 15.2. The van der Waals surface area contributed by atoms with E-state index < -0.39 is 6.09 Å². The molecule has 0 radical (unpaired) electrons. The number of carbonyl (C=O) groups excluding carboxylic acids is 2. The number of amides is 1. The maximum atomic E-state index is 12.3. The first kappa shape index (κ1) is 18.8. The summed E-state index contributed by atoms with van der Waals surface area (Å²) in [4.78, 5) is 29.8. The first-order valence-electron chi connectivity index (χ1n) is 8.18. The third-order valence-electron chi connectivity index (χ3n) is 3.82. The fraction of sp³-hybridized carbons (Fsp3) is 0.444. The minimum atomic E-state index is -0.487. The van der Waals surface area contributed by atoms with Crippen LogP contribution in [0, 0.1) is 0 Å². The van der Waals surface area contributed by atoms with Crippen molar-refractivity contribution in [1.29, 1.82) is 0 Å². The van der Waals surface area contributed by atoms with Crippen molar-refractivity contribution >= 4 is 23.0 Å². The minimum absolute atomic E-state index is 0.142. The second-order valence-electron chi connectivity index (χ2n) is 6.18. The number of esters is 1. The van der Waals surface area contributed by atoms with E-state index in [1.807, 2.05) is 32.4 Å². The van der Waals surface area contributed by atoms with Gasteiger partial charge >= 0.3 is 12.1 Å². The van der Waals surface area contributed by atoms with Crippen molar-refractivity contribution in [2.45, 2.75) is 13.3 Å². The van der Waals surface area contributed by atoms with Gasteiger partial charge in [0, 0.05) is 37.6 Å². The highest BCUT2D eigenvalue weighted by atomic mass is 16.6. The summed E-state index contributed by atoms with van der Waals surface area (Å²) < 4.78 is 10.4. The van der Waals surface area contributed by atoms with Crippen molar-refractivity contribution in [3.05, 3.63) is 30.0 Å². The zero-order valence-corrected chi connectivity index (χ0v) is 15.2. The lowest BCUT2D eigenvalue weighted by atomic mass is 10.1. The molecule has 7 heteroatoms. The minimum Gasteiger partial charge on any atom is -0.464 e. The maximum Gasteiger partial charge on any atom is 0.415 e. The summed E-state index contributed by atoms with van der Waals surface area (Å²) in [6.45, 7) is 2.65. The van der Waals surface area contributed by atoms with Crippen LogP contribution in [0.4, 0.5) is 4.79 Å². The standard InChI is InChI=1S/C18H25N3O4/c1-13(22)24-11-10-21(4)18(23)25-16-7-5-6-15-17(16)14(12-19-15)8-9-20(2)3/h5-7,12,19H,8-11H2,1-4H3. The Labute approximate surface area is 147 Å². The predicted molar refractivity (Wildman–Crippen MR) is 95.8 cm³/mol. The summed E-state index contributed by atoms with van der Waals surface area (Å²) in [5.41, 5.74) is 2.04. The summed E-state index contributed by atoms with van der Waals surface area (Å²) >= 11 is 0. The van der Waals surface area contributed by atoms with Crippen molar-refractivity contribution in [2.75, 3.05) is 40.8 Å².